The number of piperazine rings is 2. The molecule has 8 nitrogen and oxygen atoms in total. The first-order valence-electron chi connectivity index (χ1n) is 8.09. The van der Waals surface area contributed by atoms with Gasteiger partial charge in [0.05, 0.1) is 19.3 Å². The number of nitrogens with one attached hydrogen (secondary N) is 2. The molecule has 4 rings (SSSR count). The molecule has 2 aliphatic heterocycles. The molecule has 3 heterocycles. The van der Waals surface area contributed by atoms with Crippen LogP contribution in [0.1, 0.15) is 10.4 Å². The summed E-state index contributed by atoms with van der Waals surface area (Å²) in [5, 5.41) is 9.25. The fourth-order valence-electron chi connectivity index (χ4n) is 3.30. The van der Waals surface area contributed by atoms with Crippen LogP contribution >= 0.6 is 0 Å². The van der Waals surface area contributed by atoms with E-state index in [1.54, 1.807) is 28.3 Å². The molecular formula is C17H17N5O3. The zero-order chi connectivity index (χ0) is 17.4. The molecule has 2 saturated heterocycles. The maximum atomic E-state index is 12.9. The number of nitrogens with zero attached hydrogens (tertiary/aromatic N) is 3. The van der Waals surface area contributed by atoms with E-state index >= 15 is 0 Å². The average molecular weight is 339 g/mol. The molecule has 2 aromatic rings. The molecule has 0 bridgehead atoms. The summed E-state index contributed by atoms with van der Waals surface area (Å²) in [7, 11) is 0. The highest BCUT2D eigenvalue weighted by Gasteiger charge is 2.39. The van der Waals surface area contributed by atoms with Crippen LogP contribution in [0, 0.1) is 0 Å². The lowest BCUT2D eigenvalue weighted by Crippen LogP contribution is -2.66. The highest BCUT2D eigenvalue weighted by molar-refractivity contribution is 5.98. The molecule has 128 valence electrons. The van der Waals surface area contributed by atoms with Crippen molar-refractivity contribution < 1.29 is 14.4 Å². The molecule has 1 aromatic carbocycles. The summed E-state index contributed by atoms with van der Waals surface area (Å²) in [4.78, 5) is 40.0. The van der Waals surface area contributed by atoms with Gasteiger partial charge in [0.2, 0.25) is 11.8 Å². The van der Waals surface area contributed by atoms with Crippen LogP contribution in [-0.4, -0.2) is 69.9 Å². The van der Waals surface area contributed by atoms with Crippen LogP contribution in [0.2, 0.25) is 0 Å². The molecule has 0 radical (unpaired) electrons. The molecule has 1 unspecified atom stereocenters. The topological polar surface area (TPSA) is 98.4 Å². The predicted octanol–water partition coefficient (Wildman–Crippen LogP) is -0.140. The number of H-pyrrole nitrogens is 1. The third kappa shape index (κ3) is 2.75. The molecule has 1 atom stereocenters. The zero-order valence-electron chi connectivity index (χ0n) is 13.4. The SMILES string of the molecule is O=C1NCC(=O)N2CCN(C(=O)c3cccc(-c4cn[nH]c4)c3)CC12. The van der Waals surface area contributed by atoms with E-state index in [4.69, 9.17) is 0 Å². The fraction of sp³-hybridized carbons (Fsp3) is 0.294. The summed E-state index contributed by atoms with van der Waals surface area (Å²) < 4.78 is 0. The Balaban J connectivity index is 1.55. The molecular weight excluding hydrogens is 322 g/mol. The van der Waals surface area contributed by atoms with E-state index in [1.165, 1.54) is 0 Å². The van der Waals surface area contributed by atoms with Crippen molar-refractivity contribution in [3.05, 3.63) is 42.2 Å². The summed E-state index contributed by atoms with van der Waals surface area (Å²) >= 11 is 0. The number of hydrogen-bond donors (Lipinski definition) is 2. The highest BCUT2D eigenvalue weighted by Crippen LogP contribution is 2.21. The second-order valence-corrected chi connectivity index (χ2v) is 6.14. The van der Waals surface area contributed by atoms with Crippen LogP contribution in [0.5, 0.6) is 0 Å². The molecule has 1 aromatic heterocycles. The quantitative estimate of drug-likeness (QED) is 0.796. The van der Waals surface area contributed by atoms with E-state index in [1.807, 2.05) is 18.2 Å². The number of amides is 3. The van der Waals surface area contributed by atoms with E-state index in [0.717, 1.165) is 11.1 Å². The Morgan fingerprint density at radius 3 is 2.88 bits per heavy atom. The number of benzene rings is 1. The minimum atomic E-state index is -0.601. The minimum Gasteiger partial charge on any atom is -0.345 e. The van der Waals surface area contributed by atoms with Crippen molar-refractivity contribution in [3.63, 3.8) is 0 Å². The molecule has 3 amide bonds. The van der Waals surface area contributed by atoms with Gasteiger partial charge in [-0.3, -0.25) is 19.5 Å². The fourth-order valence-corrected chi connectivity index (χ4v) is 3.30. The van der Waals surface area contributed by atoms with Gasteiger partial charge in [0.15, 0.2) is 0 Å². The van der Waals surface area contributed by atoms with Crippen LogP contribution < -0.4 is 5.32 Å². The largest absolute Gasteiger partial charge is 0.345 e. The van der Waals surface area contributed by atoms with Crippen LogP contribution in [-0.2, 0) is 9.59 Å². The van der Waals surface area contributed by atoms with Gasteiger partial charge >= 0.3 is 0 Å². The van der Waals surface area contributed by atoms with Crippen LogP contribution in [0.4, 0.5) is 0 Å². The lowest BCUT2D eigenvalue weighted by Gasteiger charge is -2.42. The number of carbonyl (C=O) groups excluding carboxylic acids is 3. The van der Waals surface area contributed by atoms with Crippen LogP contribution in [0.25, 0.3) is 11.1 Å². The Bertz CT molecular complexity index is 833. The number of aromatic nitrogens is 2. The van der Waals surface area contributed by atoms with Crippen molar-refractivity contribution in [2.45, 2.75) is 6.04 Å². The van der Waals surface area contributed by atoms with Crippen LogP contribution in [0.15, 0.2) is 36.7 Å². The Morgan fingerprint density at radius 2 is 2.08 bits per heavy atom. The average Bonchev–Trinajstić information content (AvgIpc) is 3.19. The third-order valence-electron chi connectivity index (χ3n) is 4.65. The maximum absolute atomic E-state index is 12.9. The third-order valence-corrected chi connectivity index (χ3v) is 4.65. The highest BCUT2D eigenvalue weighted by atomic mass is 16.2. The van der Waals surface area contributed by atoms with E-state index in [-0.39, 0.29) is 30.8 Å². The van der Waals surface area contributed by atoms with Crippen molar-refractivity contribution in [2.75, 3.05) is 26.2 Å². The standard InChI is InChI=1S/C17H17N5O3/c23-15-9-18-16(24)14-10-21(4-5-22(14)15)17(25)12-3-1-2-11(6-12)13-7-19-20-8-13/h1-3,6-8,14H,4-5,9-10H2,(H,18,24)(H,19,20). The molecule has 2 N–H and O–H groups in total. The summed E-state index contributed by atoms with van der Waals surface area (Å²) in [6.07, 6.45) is 3.46. The lowest BCUT2D eigenvalue weighted by atomic mass is 10.0. The van der Waals surface area contributed by atoms with Gasteiger partial charge in [-0.2, -0.15) is 5.10 Å². The van der Waals surface area contributed by atoms with E-state index < -0.39 is 6.04 Å². The second-order valence-electron chi connectivity index (χ2n) is 6.14. The summed E-state index contributed by atoms with van der Waals surface area (Å²) in [6, 6.07) is 6.70. The Morgan fingerprint density at radius 1 is 1.20 bits per heavy atom. The molecule has 8 heteroatoms. The van der Waals surface area contributed by atoms with Crippen molar-refractivity contribution in [1.29, 1.82) is 0 Å². The molecule has 0 saturated carbocycles. The number of fused-ring (bicyclic) bond motifs is 1. The number of aromatic amines is 1. The van der Waals surface area contributed by atoms with Gasteiger partial charge in [-0.1, -0.05) is 12.1 Å². The number of rotatable bonds is 2. The van der Waals surface area contributed by atoms with E-state index in [9.17, 15) is 14.4 Å². The summed E-state index contributed by atoms with van der Waals surface area (Å²) in [5.41, 5.74) is 2.34. The Labute approximate surface area is 143 Å². The van der Waals surface area contributed by atoms with Gasteiger partial charge < -0.3 is 15.1 Å². The van der Waals surface area contributed by atoms with Crippen molar-refractivity contribution in [3.8, 4) is 11.1 Å². The number of hydrogen-bond acceptors (Lipinski definition) is 4. The van der Waals surface area contributed by atoms with Gasteiger partial charge in [0.25, 0.3) is 5.91 Å². The summed E-state index contributed by atoms with van der Waals surface area (Å²) in [5.74, 6) is -0.446. The molecule has 25 heavy (non-hydrogen) atoms. The maximum Gasteiger partial charge on any atom is 0.254 e. The van der Waals surface area contributed by atoms with Crippen LogP contribution in [0.3, 0.4) is 0 Å². The molecule has 2 aliphatic rings. The zero-order valence-corrected chi connectivity index (χ0v) is 13.4. The first-order valence-corrected chi connectivity index (χ1v) is 8.09. The van der Waals surface area contributed by atoms with Gasteiger partial charge in [0.1, 0.15) is 6.04 Å². The molecule has 0 spiro atoms. The first-order chi connectivity index (χ1) is 12.1. The predicted molar refractivity (Wildman–Crippen MR) is 88.4 cm³/mol. The molecule has 0 aliphatic carbocycles. The van der Waals surface area contributed by atoms with Gasteiger partial charge in [0, 0.05) is 30.4 Å². The summed E-state index contributed by atoms with van der Waals surface area (Å²) in [6.45, 7) is 1.05. The monoisotopic (exact) mass is 339 g/mol. The minimum absolute atomic E-state index is 0.0377. The Hall–Kier alpha value is -3.16. The second kappa shape index (κ2) is 6.04. The van der Waals surface area contributed by atoms with Crippen molar-refractivity contribution in [2.24, 2.45) is 0 Å². The lowest BCUT2D eigenvalue weighted by molar-refractivity contribution is -0.148. The van der Waals surface area contributed by atoms with Gasteiger partial charge in [-0.15, -0.1) is 0 Å². The smallest absolute Gasteiger partial charge is 0.254 e. The van der Waals surface area contributed by atoms with Crippen molar-refractivity contribution >= 4 is 17.7 Å². The van der Waals surface area contributed by atoms with Gasteiger partial charge in [-0.05, 0) is 17.7 Å². The van der Waals surface area contributed by atoms with E-state index in [0.29, 0.717) is 18.7 Å². The molecule has 2 fully saturated rings. The normalized spacial score (nSPS) is 20.2. The number of carbonyl (C=O) groups is 3. The van der Waals surface area contributed by atoms with E-state index in [2.05, 4.69) is 15.5 Å². The van der Waals surface area contributed by atoms with Crippen molar-refractivity contribution in [1.82, 2.24) is 25.3 Å². The Kier molecular flexibility index (Phi) is 3.72. The first kappa shape index (κ1) is 15.4. The van der Waals surface area contributed by atoms with Gasteiger partial charge in [-0.25, -0.2) is 0 Å².